The summed E-state index contributed by atoms with van der Waals surface area (Å²) in [6, 6.07) is 11.4. The Bertz CT molecular complexity index is 591. The van der Waals surface area contributed by atoms with Gasteiger partial charge in [-0.15, -0.1) is 0 Å². The molecule has 2 aromatic rings. The molecule has 1 aromatic heterocycles. The second-order valence-corrected chi connectivity index (χ2v) is 3.82. The molecule has 0 unspecified atom stereocenters. The number of hydrogen-bond donors (Lipinski definition) is 0. The van der Waals surface area contributed by atoms with E-state index in [4.69, 9.17) is 0 Å². The number of hydrogen-bond acceptors (Lipinski definition) is 3. The highest BCUT2D eigenvalue weighted by Gasteiger charge is 2.06. The number of ether oxygens (including phenoxy) is 1. The normalized spacial score (nSPS) is 11.2. The fraction of sp³-hybridized carbons (Fsp3) is 0.0667. The van der Waals surface area contributed by atoms with Crippen LogP contribution in [0.1, 0.15) is 21.6 Å². The van der Waals surface area contributed by atoms with Crippen molar-refractivity contribution in [3.8, 4) is 0 Å². The van der Waals surface area contributed by atoms with E-state index in [-0.39, 0.29) is 0 Å². The maximum Gasteiger partial charge on any atom is 0.337 e. The summed E-state index contributed by atoms with van der Waals surface area (Å²) in [4.78, 5) is 15.3. The van der Waals surface area contributed by atoms with Crippen LogP contribution >= 0.6 is 0 Å². The summed E-state index contributed by atoms with van der Waals surface area (Å²) in [5.41, 5.74) is 1.31. The van der Waals surface area contributed by atoms with Crippen LogP contribution in [0.4, 0.5) is 4.39 Å². The SMILES string of the molecule is COC(=O)c1ccc(/C(F)=C/c2ccccn2)cc1. The average Bonchev–Trinajstić information content (AvgIpc) is 2.47. The van der Waals surface area contributed by atoms with Gasteiger partial charge in [0.25, 0.3) is 0 Å². The van der Waals surface area contributed by atoms with Crippen LogP contribution in [0.2, 0.25) is 0 Å². The van der Waals surface area contributed by atoms with Crippen LogP contribution < -0.4 is 0 Å². The molecule has 0 N–H and O–H groups in total. The molecule has 1 aromatic carbocycles. The molecule has 0 bridgehead atoms. The Morgan fingerprint density at radius 1 is 1.16 bits per heavy atom. The quantitative estimate of drug-likeness (QED) is 0.792. The summed E-state index contributed by atoms with van der Waals surface area (Å²) >= 11 is 0. The minimum atomic E-state index is -0.444. The molecule has 0 aliphatic rings. The van der Waals surface area contributed by atoms with E-state index in [1.807, 2.05) is 0 Å². The van der Waals surface area contributed by atoms with Crippen LogP contribution in [0.15, 0.2) is 48.7 Å². The topological polar surface area (TPSA) is 39.2 Å². The fourth-order valence-corrected chi connectivity index (χ4v) is 1.56. The second-order valence-electron chi connectivity index (χ2n) is 3.82. The molecular formula is C15H12FNO2. The van der Waals surface area contributed by atoms with Crippen molar-refractivity contribution in [2.75, 3.05) is 7.11 Å². The molecule has 4 heteroatoms. The Morgan fingerprint density at radius 3 is 2.42 bits per heavy atom. The van der Waals surface area contributed by atoms with Crippen molar-refractivity contribution >= 4 is 17.9 Å². The van der Waals surface area contributed by atoms with E-state index >= 15 is 0 Å². The Kier molecular flexibility index (Phi) is 4.03. The molecule has 0 spiro atoms. The molecule has 96 valence electrons. The minimum absolute atomic E-state index is 0.386. The zero-order valence-corrected chi connectivity index (χ0v) is 10.3. The van der Waals surface area contributed by atoms with E-state index in [2.05, 4.69) is 9.72 Å². The van der Waals surface area contributed by atoms with Crippen molar-refractivity contribution < 1.29 is 13.9 Å². The predicted octanol–water partition coefficient (Wildman–Crippen LogP) is 3.34. The van der Waals surface area contributed by atoms with Gasteiger partial charge in [-0.2, -0.15) is 0 Å². The molecule has 0 aliphatic heterocycles. The van der Waals surface area contributed by atoms with Gasteiger partial charge in [0.2, 0.25) is 0 Å². The van der Waals surface area contributed by atoms with Gasteiger partial charge in [0.1, 0.15) is 5.83 Å². The number of rotatable bonds is 3. The number of carbonyl (C=O) groups excluding carboxylic acids is 1. The Hall–Kier alpha value is -2.49. The number of methoxy groups -OCH3 is 1. The zero-order valence-electron chi connectivity index (χ0n) is 10.3. The Balaban J connectivity index is 2.23. The summed E-state index contributed by atoms with van der Waals surface area (Å²) in [6.45, 7) is 0. The van der Waals surface area contributed by atoms with Gasteiger partial charge in [0.15, 0.2) is 0 Å². The standard InChI is InChI=1S/C15H12FNO2/c1-19-15(18)12-7-5-11(6-8-12)14(16)10-13-4-2-3-9-17-13/h2-10H,1H3/b14-10-. The van der Waals surface area contributed by atoms with Gasteiger partial charge in [0, 0.05) is 17.8 Å². The van der Waals surface area contributed by atoms with Gasteiger partial charge in [-0.3, -0.25) is 4.98 Å². The third-order valence-corrected chi connectivity index (χ3v) is 2.54. The van der Waals surface area contributed by atoms with E-state index in [9.17, 15) is 9.18 Å². The number of pyridine rings is 1. The van der Waals surface area contributed by atoms with Crippen LogP contribution in [-0.4, -0.2) is 18.1 Å². The van der Waals surface area contributed by atoms with Crippen molar-refractivity contribution in [2.45, 2.75) is 0 Å². The first-order chi connectivity index (χ1) is 9.20. The third kappa shape index (κ3) is 3.25. The Morgan fingerprint density at radius 2 is 1.84 bits per heavy atom. The van der Waals surface area contributed by atoms with Crippen molar-refractivity contribution in [1.82, 2.24) is 4.98 Å². The van der Waals surface area contributed by atoms with E-state index in [0.29, 0.717) is 16.8 Å². The highest BCUT2D eigenvalue weighted by molar-refractivity contribution is 5.90. The van der Waals surface area contributed by atoms with Gasteiger partial charge < -0.3 is 4.74 Å². The molecular weight excluding hydrogens is 245 g/mol. The number of benzene rings is 1. The second kappa shape index (κ2) is 5.91. The smallest absolute Gasteiger partial charge is 0.337 e. The first-order valence-corrected chi connectivity index (χ1v) is 5.67. The molecule has 0 fully saturated rings. The van der Waals surface area contributed by atoms with Crippen LogP contribution in [0.25, 0.3) is 11.9 Å². The number of carbonyl (C=O) groups is 1. The lowest BCUT2D eigenvalue weighted by Crippen LogP contribution is -2.00. The molecule has 0 atom stereocenters. The van der Waals surface area contributed by atoms with E-state index in [1.165, 1.54) is 37.5 Å². The van der Waals surface area contributed by atoms with Gasteiger partial charge in [0.05, 0.1) is 18.4 Å². The summed E-state index contributed by atoms with van der Waals surface area (Å²) in [6.07, 6.45) is 2.94. The summed E-state index contributed by atoms with van der Waals surface area (Å²) < 4.78 is 18.5. The number of aromatic nitrogens is 1. The van der Waals surface area contributed by atoms with Crippen molar-refractivity contribution in [1.29, 1.82) is 0 Å². The van der Waals surface area contributed by atoms with E-state index in [0.717, 1.165) is 0 Å². The summed E-state index contributed by atoms with van der Waals surface area (Å²) in [5.74, 6) is -0.851. The molecule has 0 saturated heterocycles. The largest absolute Gasteiger partial charge is 0.465 e. The molecule has 0 amide bonds. The molecule has 0 aliphatic carbocycles. The van der Waals surface area contributed by atoms with Gasteiger partial charge in [-0.1, -0.05) is 18.2 Å². The number of nitrogens with zero attached hydrogens (tertiary/aromatic N) is 1. The molecule has 1 heterocycles. The minimum Gasteiger partial charge on any atom is -0.465 e. The van der Waals surface area contributed by atoms with Crippen LogP contribution in [0.5, 0.6) is 0 Å². The monoisotopic (exact) mass is 257 g/mol. The maximum atomic E-state index is 13.9. The van der Waals surface area contributed by atoms with Crippen molar-refractivity contribution in [3.63, 3.8) is 0 Å². The average molecular weight is 257 g/mol. The molecule has 19 heavy (non-hydrogen) atoms. The lowest BCUT2D eigenvalue weighted by atomic mass is 10.1. The first kappa shape index (κ1) is 13.0. The van der Waals surface area contributed by atoms with Gasteiger partial charge >= 0.3 is 5.97 Å². The number of esters is 1. The predicted molar refractivity (Wildman–Crippen MR) is 71.0 cm³/mol. The van der Waals surface area contributed by atoms with E-state index in [1.54, 1.807) is 24.4 Å². The van der Waals surface area contributed by atoms with Gasteiger partial charge in [-0.05, 0) is 24.3 Å². The van der Waals surface area contributed by atoms with Crippen LogP contribution in [0, 0.1) is 0 Å². The molecule has 3 nitrogen and oxygen atoms in total. The molecule has 0 radical (unpaired) electrons. The van der Waals surface area contributed by atoms with Crippen LogP contribution in [0.3, 0.4) is 0 Å². The number of halogens is 1. The van der Waals surface area contributed by atoms with Crippen molar-refractivity contribution in [3.05, 3.63) is 65.5 Å². The van der Waals surface area contributed by atoms with Crippen molar-refractivity contribution in [2.24, 2.45) is 0 Å². The summed E-state index contributed by atoms with van der Waals surface area (Å²) in [7, 11) is 1.30. The summed E-state index contributed by atoms with van der Waals surface area (Å²) in [5, 5.41) is 0. The molecule has 2 rings (SSSR count). The lowest BCUT2D eigenvalue weighted by molar-refractivity contribution is 0.0600. The van der Waals surface area contributed by atoms with E-state index < -0.39 is 11.8 Å². The fourth-order valence-electron chi connectivity index (χ4n) is 1.56. The van der Waals surface area contributed by atoms with Gasteiger partial charge in [-0.25, -0.2) is 9.18 Å². The van der Waals surface area contributed by atoms with Crippen LogP contribution in [-0.2, 0) is 4.74 Å². The lowest BCUT2D eigenvalue weighted by Gasteiger charge is -2.01. The Labute approximate surface area is 110 Å². The highest BCUT2D eigenvalue weighted by atomic mass is 19.1. The molecule has 0 saturated carbocycles. The zero-order chi connectivity index (χ0) is 13.7. The first-order valence-electron chi connectivity index (χ1n) is 5.67. The highest BCUT2D eigenvalue weighted by Crippen LogP contribution is 2.19. The maximum absolute atomic E-state index is 13.9. The third-order valence-electron chi connectivity index (χ3n) is 2.54.